The van der Waals surface area contributed by atoms with E-state index in [-0.39, 0.29) is 12.5 Å². The summed E-state index contributed by atoms with van der Waals surface area (Å²) in [5.74, 6) is -0.178. The fourth-order valence-electron chi connectivity index (χ4n) is 2.17. The Morgan fingerprint density at radius 1 is 1.53 bits per heavy atom. The van der Waals surface area contributed by atoms with Gasteiger partial charge in [0.25, 0.3) is 5.91 Å². The van der Waals surface area contributed by atoms with Crippen molar-refractivity contribution in [2.75, 3.05) is 12.3 Å². The number of amides is 1. The summed E-state index contributed by atoms with van der Waals surface area (Å²) in [6.45, 7) is 1.99. The average Bonchev–Trinajstić information content (AvgIpc) is 3.09. The molecule has 0 radical (unpaired) electrons. The number of nitrogens with one attached hydrogen (secondary N) is 1. The van der Waals surface area contributed by atoms with Crippen LogP contribution >= 0.6 is 11.3 Å². The van der Waals surface area contributed by atoms with E-state index in [9.17, 15) is 9.90 Å². The lowest BCUT2D eigenvalue weighted by atomic mass is 10.1. The highest BCUT2D eigenvalue weighted by molar-refractivity contribution is 7.21. The van der Waals surface area contributed by atoms with Crippen LogP contribution in [0.4, 0.5) is 5.69 Å². The Balaban J connectivity index is 1.96. The molecule has 1 saturated carbocycles. The van der Waals surface area contributed by atoms with E-state index in [1.54, 1.807) is 0 Å². The van der Waals surface area contributed by atoms with Crippen LogP contribution in [0.15, 0.2) is 18.2 Å². The van der Waals surface area contributed by atoms with Crippen molar-refractivity contribution in [3.63, 3.8) is 0 Å². The molecule has 3 rings (SSSR count). The Morgan fingerprint density at radius 3 is 2.89 bits per heavy atom. The minimum atomic E-state index is -0.407. The van der Waals surface area contributed by atoms with E-state index in [0.29, 0.717) is 10.6 Å². The van der Waals surface area contributed by atoms with Crippen LogP contribution in [-0.2, 0) is 0 Å². The topological polar surface area (TPSA) is 75.3 Å². The van der Waals surface area contributed by atoms with Gasteiger partial charge in [-0.2, -0.15) is 0 Å². The van der Waals surface area contributed by atoms with Crippen molar-refractivity contribution in [1.29, 1.82) is 0 Å². The molecule has 1 aromatic heterocycles. The van der Waals surface area contributed by atoms with Gasteiger partial charge in [0.05, 0.1) is 17.8 Å². The first-order valence-electron chi connectivity index (χ1n) is 6.27. The zero-order chi connectivity index (χ0) is 13.6. The molecule has 1 aliphatic carbocycles. The van der Waals surface area contributed by atoms with Crippen LogP contribution < -0.4 is 11.1 Å². The second-order valence-corrected chi connectivity index (χ2v) is 6.29. The predicted octanol–water partition coefficient (Wildman–Crippen LogP) is 2.05. The number of nitrogens with two attached hydrogens (primary N) is 1. The molecule has 0 spiro atoms. The van der Waals surface area contributed by atoms with Crippen molar-refractivity contribution in [3.8, 4) is 0 Å². The van der Waals surface area contributed by atoms with Crippen LogP contribution in [-0.4, -0.2) is 23.2 Å². The number of carbonyl (C=O) groups excluding carboxylic acids is 1. The zero-order valence-electron chi connectivity index (χ0n) is 10.7. The maximum absolute atomic E-state index is 12.2. The fraction of sp³-hybridized carbons (Fsp3) is 0.357. The molecule has 2 aromatic rings. The number of anilines is 1. The van der Waals surface area contributed by atoms with E-state index >= 15 is 0 Å². The highest BCUT2D eigenvalue weighted by atomic mass is 32.1. The Bertz CT molecular complexity index is 659. The summed E-state index contributed by atoms with van der Waals surface area (Å²) in [6, 6.07) is 5.99. The van der Waals surface area contributed by atoms with E-state index in [4.69, 9.17) is 5.73 Å². The van der Waals surface area contributed by atoms with E-state index in [0.717, 1.165) is 28.5 Å². The molecule has 4 nitrogen and oxygen atoms in total. The van der Waals surface area contributed by atoms with Crippen molar-refractivity contribution >= 4 is 33.0 Å². The average molecular weight is 276 g/mol. The number of benzene rings is 1. The van der Waals surface area contributed by atoms with Crippen LogP contribution in [0.2, 0.25) is 0 Å². The standard InChI is InChI=1S/C14H16N2O2S/c1-8-2-3-10-9(6-8)11(15)12(19-10)13(18)16-14(7-17)4-5-14/h2-3,6,17H,4-5,7,15H2,1H3,(H,16,18). The number of hydrogen-bond donors (Lipinski definition) is 3. The number of hydrogen-bond acceptors (Lipinski definition) is 4. The molecule has 4 N–H and O–H groups in total. The quantitative estimate of drug-likeness (QED) is 0.803. The first-order valence-corrected chi connectivity index (χ1v) is 7.08. The van der Waals surface area contributed by atoms with Gasteiger partial charge in [-0.05, 0) is 31.9 Å². The van der Waals surface area contributed by atoms with Crippen molar-refractivity contribution < 1.29 is 9.90 Å². The van der Waals surface area contributed by atoms with Crippen molar-refractivity contribution in [2.45, 2.75) is 25.3 Å². The van der Waals surface area contributed by atoms with Gasteiger partial charge in [-0.1, -0.05) is 11.6 Å². The third kappa shape index (κ3) is 2.09. The Labute approximate surface area is 115 Å². The highest BCUT2D eigenvalue weighted by Gasteiger charge is 2.44. The lowest BCUT2D eigenvalue weighted by molar-refractivity contribution is 0.0912. The molecule has 5 heteroatoms. The third-order valence-electron chi connectivity index (χ3n) is 3.62. The number of thiophene rings is 1. The minimum Gasteiger partial charge on any atom is -0.397 e. The molecule has 0 aliphatic heterocycles. The monoisotopic (exact) mass is 276 g/mol. The summed E-state index contributed by atoms with van der Waals surface area (Å²) in [5, 5.41) is 13.1. The molecule has 1 fully saturated rings. The number of nitrogen functional groups attached to an aromatic ring is 1. The number of aliphatic hydroxyl groups excluding tert-OH is 1. The number of aryl methyl sites for hydroxylation is 1. The second kappa shape index (κ2) is 4.21. The van der Waals surface area contributed by atoms with Gasteiger partial charge in [0, 0.05) is 10.1 Å². The fourth-order valence-corrected chi connectivity index (χ4v) is 3.17. The molecule has 0 bridgehead atoms. The van der Waals surface area contributed by atoms with Gasteiger partial charge in [-0.25, -0.2) is 0 Å². The van der Waals surface area contributed by atoms with Gasteiger partial charge in [-0.15, -0.1) is 11.3 Å². The maximum atomic E-state index is 12.2. The van der Waals surface area contributed by atoms with Crippen molar-refractivity contribution in [3.05, 3.63) is 28.6 Å². The van der Waals surface area contributed by atoms with E-state index in [1.165, 1.54) is 11.3 Å². The molecule has 19 heavy (non-hydrogen) atoms. The second-order valence-electron chi connectivity index (χ2n) is 5.24. The molecule has 1 aliphatic rings. The highest BCUT2D eigenvalue weighted by Crippen LogP contribution is 2.38. The van der Waals surface area contributed by atoms with E-state index < -0.39 is 5.54 Å². The third-order valence-corrected chi connectivity index (χ3v) is 4.81. The number of rotatable bonds is 3. The largest absolute Gasteiger partial charge is 0.397 e. The normalized spacial score (nSPS) is 16.5. The van der Waals surface area contributed by atoms with Gasteiger partial charge in [-0.3, -0.25) is 4.79 Å². The van der Waals surface area contributed by atoms with Gasteiger partial charge in [0.1, 0.15) is 4.88 Å². The summed E-state index contributed by atoms with van der Waals surface area (Å²) in [5.41, 5.74) is 7.33. The number of aliphatic hydroxyl groups is 1. The first kappa shape index (κ1) is 12.4. The van der Waals surface area contributed by atoms with Gasteiger partial charge < -0.3 is 16.2 Å². The Morgan fingerprint density at radius 2 is 2.26 bits per heavy atom. The molecule has 0 saturated heterocycles. The molecule has 1 amide bonds. The molecule has 0 atom stereocenters. The summed E-state index contributed by atoms with van der Waals surface area (Å²) in [4.78, 5) is 12.8. The Kier molecular flexibility index (Phi) is 2.76. The van der Waals surface area contributed by atoms with E-state index in [1.807, 2.05) is 25.1 Å². The smallest absolute Gasteiger partial charge is 0.264 e. The van der Waals surface area contributed by atoms with Crippen LogP contribution in [0.1, 0.15) is 28.1 Å². The molecule has 1 aromatic carbocycles. The SMILES string of the molecule is Cc1ccc2sc(C(=O)NC3(CO)CC3)c(N)c2c1. The summed E-state index contributed by atoms with van der Waals surface area (Å²) in [6.07, 6.45) is 1.66. The maximum Gasteiger partial charge on any atom is 0.264 e. The van der Waals surface area contributed by atoms with Crippen molar-refractivity contribution in [1.82, 2.24) is 5.32 Å². The minimum absolute atomic E-state index is 0.0113. The number of fused-ring (bicyclic) bond motifs is 1. The molecule has 0 unspecified atom stereocenters. The molecular formula is C14H16N2O2S. The van der Waals surface area contributed by atoms with Crippen LogP contribution in [0, 0.1) is 6.92 Å². The van der Waals surface area contributed by atoms with Gasteiger partial charge in [0.2, 0.25) is 0 Å². The zero-order valence-corrected chi connectivity index (χ0v) is 11.5. The molecular weight excluding hydrogens is 260 g/mol. The van der Waals surface area contributed by atoms with Crippen LogP contribution in [0.5, 0.6) is 0 Å². The predicted molar refractivity (Wildman–Crippen MR) is 77.5 cm³/mol. The lowest BCUT2D eigenvalue weighted by Gasteiger charge is -2.13. The van der Waals surface area contributed by atoms with Crippen molar-refractivity contribution in [2.24, 2.45) is 0 Å². The summed E-state index contributed by atoms with van der Waals surface area (Å²) < 4.78 is 1.02. The molecule has 1 heterocycles. The summed E-state index contributed by atoms with van der Waals surface area (Å²) >= 11 is 1.40. The Hall–Kier alpha value is -1.59. The first-order chi connectivity index (χ1) is 9.04. The lowest BCUT2D eigenvalue weighted by Crippen LogP contribution is -2.39. The van der Waals surface area contributed by atoms with E-state index in [2.05, 4.69) is 5.32 Å². The van der Waals surface area contributed by atoms with Crippen LogP contribution in [0.25, 0.3) is 10.1 Å². The molecule has 100 valence electrons. The van der Waals surface area contributed by atoms with Gasteiger partial charge >= 0.3 is 0 Å². The number of carbonyl (C=O) groups is 1. The van der Waals surface area contributed by atoms with Gasteiger partial charge in [0.15, 0.2) is 0 Å². The summed E-state index contributed by atoms with van der Waals surface area (Å²) in [7, 11) is 0. The van der Waals surface area contributed by atoms with Crippen LogP contribution in [0.3, 0.4) is 0 Å².